The number of carbonyl (C=O) groups is 1. The average molecular weight is 351 g/mol. The normalized spacial score (nSPS) is 11.9. The maximum atomic E-state index is 13.6. The molecule has 1 aliphatic rings. The Morgan fingerprint density at radius 2 is 1.88 bits per heavy atom. The van der Waals surface area contributed by atoms with Crippen molar-refractivity contribution in [1.29, 1.82) is 0 Å². The third kappa shape index (κ3) is 3.27. The lowest BCUT2D eigenvalue weighted by atomic mass is 10.2. The summed E-state index contributed by atoms with van der Waals surface area (Å²) in [6.45, 7) is 0.154. The topological polar surface area (TPSA) is 72.5 Å². The van der Waals surface area contributed by atoms with Crippen molar-refractivity contribution in [3.8, 4) is 11.5 Å². The zero-order valence-electron chi connectivity index (χ0n) is 13.5. The van der Waals surface area contributed by atoms with Crippen LogP contribution in [0.4, 0.5) is 21.6 Å². The van der Waals surface area contributed by atoms with Crippen molar-refractivity contribution < 1.29 is 18.7 Å². The van der Waals surface area contributed by atoms with Crippen molar-refractivity contribution in [3.05, 3.63) is 72.2 Å². The van der Waals surface area contributed by atoms with Crippen LogP contribution in [0.25, 0.3) is 0 Å². The molecule has 4 rings (SSSR count). The molecule has 2 heterocycles. The van der Waals surface area contributed by atoms with E-state index >= 15 is 0 Å². The van der Waals surface area contributed by atoms with Crippen LogP contribution in [0.1, 0.15) is 10.4 Å². The number of nitrogens with one attached hydrogen (secondary N) is 2. The van der Waals surface area contributed by atoms with Crippen molar-refractivity contribution in [2.45, 2.75) is 0 Å². The van der Waals surface area contributed by atoms with Gasteiger partial charge < -0.3 is 20.1 Å². The number of carbonyl (C=O) groups excluding carboxylic acids is 1. The fraction of sp³-hybridized carbons (Fsp3) is 0.0526. The van der Waals surface area contributed by atoms with Crippen LogP contribution in [0.15, 0.2) is 60.8 Å². The Labute approximate surface area is 148 Å². The van der Waals surface area contributed by atoms with E-state index in [0.29, 0.717) is 34.3 Å². The lowest BCUT2D eigenvalue weighted by Crippen LogP contribution is -2.12. The number of amides is 1. The number of nitrogens with zero attached hydrogens (tertiary/aromatic N) is 1. The molecule has 0 aliphatic carbocycles. The number of fused-ring (bicyclic) bond motifs is 1. The van der Waals surface area contributed by atoms with E-state index in [1.165, 1.54) is 12.3 Å². The zero-order valence-corrected chi connectivity index (χ0v) is 13.5. The zero-order chi connectivity index (χ0) is 17.9. The van der Waals surface area contributed by atoms with Crippen LogP contribution in [0.3, 0.4) is 0 Å². The number of rotatable bonds is 4. The molecule has 0 saturated carbocycles. The van der Waals surface area contributed by atoms with Gasteiger partial charge in [0.05, 0.1) is 17.6 Å². The van der Waals surface area contributed by atoms with Gasteiger partial charge in [-0.15, -0.1) is 0 Å². The summed E-state index contributed by atoms with van der Waals surface area (Å²) in [6, 6.07) is 14.6. The number of ether oxygens (including phenoxy) is 2. The van der Waals surface area contributed by atoms with Crippen LogP contribution in [-0.4, -0.2) is 17.7 Å². The largest absolute Gasteiger partial charge is 0.454 e. The second-order valence-electron chi connectivity index (χ2n) is 5.56. The van der Waals surface area contributed by atoms with Gasteiger partial charge in [0.1, 0.15) is 11.6 Å². The molecule has 0 unspecified atom stereocenters. The van der Waals surface area contributed by atoms with Crippen LogP contribution < -0.4 is 20.1 Å². The molecule has 1 aliphatic heterocycles. The quantitative estimate of drug-likeness (QED) is 0.745. The summed E-state index contributed by atoms with van der Waals surface area (Å²) in [7, 11) is 0. The molecule has 2 N–H and O–H groups in total. The summed E-state index contributed by atoms with van der Waals surface area (Å²) in [5.74, 6) is 0.970. The SMILES string of the molecule is O=C(Nc1ccc(Nc2ccccc2F)nc1)c1ccc2c(c1)OCO2. The van der Waals surface area contributed by atoms with Gasteiger partial charge in [0.25, 0.3) is 5.91 Å². The molecule has 0 saturated heterocycles. The average Bonchev–Trinajstić information content (AvgIpc) is 3.13. The molecule has 0 atom stereocenters. The summed E-state index contributed by atoms with van der Waals surface area (Å²) in [5.41, 5.74) is 1.30. The summed E-state index contributed by atoms with van der Waals surface area (Å²) in [4.78, 5) is 16.5. The number of anilines is 3. The van der Waals surface area contributed by atoms with Gasteiger partial charge in [-0.05, 0) is 42.5 Å². The molecule has 1 amide bonds. The van der Waals surface area contributed by atoms with E-state index in [1.807, 2.05) is 0 Å². The van der Waals surface area contributed by atoms with Crippen molar-refractivity contribution in [2.75, 3.05) is 17.4 Å². The van der Waals surface area contributed by atoms with E-state index in [4.69, 9.17) is 9.47 Å². The fourth-order valence-corrected chi connectivity index (χ4v) is 2.48. The number of hydrogen-bond donors (Lipinski definition) is 2. The van der Waals surface area contributed by atoms with Crippen LogP contribution in [0, 0.1) is 5.82 Å². The molecule has 6 nitrogen and oxygen atoms in total. The monoisotopic (exact) mass is 351 g/mol. The van der Waals surface area contributed by atoms with E-state index in [1.54, 1.807) is 48.5 Å². The molecule has 0 spiro atoms. The van der Waals surface area contributed by atoms with Gasteiger partial charge in [0.15, 0.2) is 11.5 Å². The molecule has 0 fully saturated rings. The van der Waals surface area contributed by atoms with E-state index in [2.05, 4.69) is 15.6 Å². The smallest absolute Gasteiger partial charge is 0.255 e. The Balaban J connectivity index is 1.44. The summed E-state index contributed by atoms with van der Waals surface area (Å²) in [6.07, 6.45) is 1.49. The van der Waals surface area contributed by atoms with Crippen LogP contribution >= 0.6 is 0 Å². The third-order valence-electron chi connectivity index (χ3n) is 3.79. The highest BCUT2D eigenvalue weighted by atomic mass is 19.1. The first-order valence-corrected chi connectivity index (χ1v) is 7.88. The fourth-order valence-electron chi connectivity index (χ4n) is 2.48. The van der Waals surface area contributed by atoms with Crippen LogP contribution in [0.2, 0.25) is 0 Å². The minimum atomic E-state index is -0.366. The highest BCUT2D eigenvalue weighted by molar-refractivity contribution is 6.04. The van der Waals surface area contributed by atoms with Gasteiger partial charge in [0.2, 0.25) is 6.79 Å². The van der Waals surface area contributed by atoms with Gasteiger partial charge in [-0.3, -0.25) is 4.79 Å². The standard InChI is InChI=1S/C19H14FN3O3/c20-14-3-1-2-4-15(14)23-18-8-6-13(10-21-18)22-19(24)12-5-7-16-17(9-12)26-11-25-16/h1-10H,11H2,(H,21,23)(H,22,24). The van der Waals surface area contributed by atoms with E-state index in [-0.39, 0.29) is 18.5 Å². The first-order valence-electron chi connectivity index (χ1n) is 7.88. The van der Waals surface area contributed by atoms with Crippen molar-refractivity contribution >= 4 is 23.1 Å². The Morgan fingerprint density at radius 1 is 1.04 bits per heavy atom. The van der Waals surface area contributed by atoms with Gasteiger partial charge in [-0.25, -0.2) is 9.37 Å². The Morgan fingerprint density at radius 3 is 2.69 bits per heavy atom. The predicted molar refractivity (Wildman–Crippen MR) is 94.4 cm³/mol. The highest BCUT2D eigenvalue weighted by Crippen LogP contribution is 2.32. The second-order valence-corrected chi connectivity index (χ2v) is 5.56. The maximum Gasteiger partial charge on any atom is 0.255 e. The number of benzene rings is 2. The van der Waals surface area contributed by atoms with E-state index in [0.717, 1.165) is 0 Å². The number of aromatic nitrogens is 1. The molecule has 26 heavy (non-hydrogen) atoms. The van der Waals surface area contributed by atoms with Crippen molar-refractivity contribution in [3.63, 3.8) is 0 Å². The lowest BCUT2D eigenvalue weighted by molar-refractivity contribution is 0.102. The molecule has 2 aromatic carbocycles. The molecular formula is C19H14FN3O3. The molecule has 3 aromatic rings. The first-order chi connectivity index (χ1) is 12.7. The van der Waals surface area contributed by atoms with Gasteiger partial charge in [-0.1, -0.05) is 12.1 Å². The summed E-state index contributed by atoms with van der Waals surface area (Å²) in [5, 5.41) is 5.64. The maximum absolute atomic E-state index is 13.6. The number of hydrogen-bond acceptors (Lipinski definition) is 5. The number of pyridine rings is 1. The molecule has 0 radical (unpaired) electrons. The lowest BCUT2D eigenvalue weighted by Gasteiger charge is -2.09. The van der Waals surface area contributed by atoms with Gasteiger partial charge in [-0.2, -0.15) is 0 Å². The van der Waals surface area contributed by atoms with Crippen molar-refractivity contribution in [1.82, 2.24) is 4.98 Å². The van der Waals surface area contributed by atoms with Gasteiger partial charge >= 0.3 is 0 Å². The van der Waals surface area contributed by atoms with E-state index < -0.39 is 0 Å². The molecule has 1 aromatic heterocycles. The Hall–Kier alpha value is -3.61. The minimum Gasteiger partial charge on any atom is -0.454 e. The second kappa shape index (κ2) is 6.72. The van der Waals surface area contributed by atoms with Crippen LogP contribution in [0.5, 0.6) is 11.5 Å². The summed E-state index contributed by atoms with van der Waals surface area (Å²) >= 11 is 0. The first kappa shape index (κ1) is 15.9. The molecule has 130 valence electrons. The van der Waals surface area contributed by atoms with Gasteiger partial charge in [0, 0.05) is 5.56 Å². The Kier molecular flexibility index (Phi) is 4.10. The minimum absolute atomic E-state index is 0.154. The number of halogens is 1. The predicted octanol–water partition coefficient (Wildman–Crippen LogP) is 3.95. The van der Waals surface area contributed by atoms with E-state index in [9.17, 15) is 9.18 Å². The van der Waals surface area contributed by atoms with Crippen LogP contribution in [-0.2, 0) is 0 Å². The third-order valence-corrected chi connectivity index (χ3v) is 3.79. The highest BCUT2D eigenvalue weighted by Gasteiger charge is 2.16. The molecule has 7 heteroatoms. The Bertz CT molecular complexity index is 960. The number of para-hydroxylation sites is 1. The molecule has 0 bridgehead atoms. The van der Waals surface area contributed by atoms with Crippen molar-refractivity contribution in [2.24, 2.45) is 0 Å². The molecular weight excluding hydrogens is 337 g/mol. The summed E-state index contributed by atoms with van der Waals surface area (Å²) < 4.78 is 24.1.